The number of hydrogen-bond acceptors (Lipinski definition) is 4. The van der Waals surface area contributed by atoms with Gasteiger partial charge in [0.1, 0.15) is 5.57 Å². The molecular formula is C18H14Cl2N2O4. The van der Waals surface area contributed by atoms with Crippen LogP contribution in [-0.2, 0) is 9.59 Å². The first kappa shape index (κ1) is 18.1. The standard InChI is InChI=1S/C18H14Cl2N2O4/c1-9-3-4-12(8-14(9)20)22-18(25)13(17(24)21-22)6-10-5-11(19)7-15(26-2)16(10)23/h3-8,23H,1-2H3,(H,21,24)/b13-6-. The van der Waals surface area contributed by atoms with Gasteiger partial charge in [-0.15, -0.1) is 0 Å². The van der Waals surface area contributed by atoms with Gasteiger partial charge in [0.05, 0.1) is 12.8 Å². The van der Waals surface area contributed by atoms with E-state index in [1.54, 1.807) is 18.2 Å². The molecule has 0 aliphatic carbocycles. The topological polar surface area (TPSA) is 78.9 Å². The van der Waals surface area contributed by atoms with Gasteiger partial charge in [-0.3, -0.25) is 15.0 Å². The molecule has 1 aliphatic heterocycles. The minimum atomic E-state index is -0.606. The van der Waals surface area contributed by atoms with Gasteiger partial charge in [0.15, 0.2) is 11.5 Å². The van der Waals surface area contributed by atoms with Gasteiger partial charge >= 0.3 is 0 Å². The molecule has 3 rings (SSSR count). The van der Waals surface area contributed by atoms with Gasteiger partial charge < -0.3 is 9.84 Å². The fourth-order valence-corrected chi connectivity index (χ4v) is 2.87. The van der Waals surface area contributed by atoms with E-state index in [9.17, 15) is 14.7 Å². The molecule has 0 saturated carbocycles. The summed E-state index contributed by atoms with van der Waals surface area (Å²) in [6, 6.07) is 7.85. The van der Waals surface area contributed by atoms with Gasteiger partial charge in [0, 0.05) is 21.7 Å². The fraction of sp³-hybridized carbons (Fsp3) is 0.111. The average Bonchev–Trinajstić information content (AvgIpc) is 2.88. The van der Waals surface area contributed by atoms with E-state index in [-0.39, 0.29) is 22.6 Å². The normalized spacial score (nSPS) is 15.5. The monoisotopic (exact) mass is 392 g/mol. The van der Waals surface area contributed by atoms with Crippen molar-refractivity contribution in [2.75, 3.05) is 12.1 Å². The number of ether oxygens (including phenoxy) is 1. The number of nitrogens with zero attached hydrogens (tertiary/aromatic N) is 1. The van der Waals surface area contributed by atoms with Crippen molar-refractivity contribution in [3.63, 3.8) is 0 Å². The predicted molar refractivity (Wildman–Crippen MR) is 99.5 cm³/mol. The van der Waals surface area contributed by atoms with E-state index in [1.807, 2.05) is 6.92 Å². The van der Waals surface area contributed by atoms with E-state index in [4.69, 9.17) is 27.9 Å². The number of rotatable bonds is 3. The van der Waals surface area contributed by atoms with Crippen LogP contribution in [0.1, 0.15) is 11.1 Å². The SMILES string of the molecule is COc1cc(Cl)cc(/C=C2/C(=O)NN(c3ccc(C)c(Cl)c3)C2=O)c1O. The predicted octanol–water partition coefficient (Wildman–Crippen LogP) is 3.48. The number of nitrogens with one attached hydrogen (secondary N) is 1. The Labute approximate surface area is 159 Å². The fourth-order valence-electron chi connectivity index (χ4n) is 2.48. The van der Waals surface area contributed by atoms with Crippen molar-refractivity contribution >= 4 is 46.8 Å². The maximum atomic E-state index is 12.7. The summed E-state index contributed by atoms with van der Waals surface area (Å²) in [6.45, 7) is 1.83. The molecule has 2 N–H and O–H groups in total. The number of anilines is 1. The molecule has 2 aromatic carbocycles. The summed E-state index contributed by atoms with van der Waals surface area (Å²) < 4.78 is 5.03. The zero-order chi connectivity index (χ0) is 19.0. The first-order valence-corrected chi connectivity index (χ1v) is 8.27. The van der Waals surface area contributed by atoms with Crippen molar-refractivity contribution in [3.8, 4) is 11.5 Å². The summed E-state index contributed by atoms with van der Waals surface area (Å²) in [5, 5.41) is 12.1. The molecule has 1 heterocycles. The maximum Gasteiger partial charge on any atom is 0.282 e. The smallest absolute Gasteiger partial charge is 0.282 e. The third-order valence-corrected chi connectivity index (χ3v) is 4.52. The first-order chi connectivity index (χ1) is 12.3. The zero-order valence-electron chi connectivity index (χ0n) is 13.8. The number of carbonyl (C=O) groups is 2. The number of benzene rings is 2. The number of phenols is 1. The summed E-state index contributed by atoms with van der Waals surface area (Å²) in [5.74, 6) is -1.27. The van der Waals surface area contributed by atoms with Crippen LogP contribution in [-0.4, -0.2) is 24.0 Å². The molecule has 1 saturated heterocycles. The summed E-state index contributed by atoms with van der Waals surface area (Å²) in [6.07, 6.45) is 1.26. The van der Waals surface area contributed by atoms with Crippen molar-refractivity contribution in [1.29, 1.82) is 0 Å². The van der Waals surface area contributed by atoms with Crippen LogP contribution in [0.3, 0.4) is 0 Å². The Balaban J connectivity index is 2.01. The van der Waals surface area contributed by atoms with Gasteiger partial charge in [-0.1, -0.05) is 29.3 Å². The number of hydrogen-bond donors (Lipinski definition) is 2. The number of amides is 2. The molecule has 26 heavy (non-hydrogen) atoms. The number of methoxy groups -OCH3 is 1. The molecule has 2 aromatic rings. The van der Waals surface area contributed by atoms with Crippen LogP contribution in [0.15, 0.2) is 35.9 Å². The number of aryl methyl sites for hydroxylation is 1. The second-order valence-corrected chi connectivity index (χ2v) is 6.46. The van der Waals surface area contributed by atoms with Crippen LogP contribution in [0.25, 0.3) is 6.08 Å². The third kappa shape index (κ3) is 3.21. The Morgan fingerprint density at radius 2 is 1.92 bits per heavy atom. The lowest BCUT2D eigenvalue weighted by Crippen LogP contribution is -2.35. The summed E-state index contributed by atoms with van der Waals surface area (Å²) >= 11 is 12.1. The number of halogens is 2. The van der Waals surface area contributed by atoms with Crippen molar-refractivity contribution < 1.29 is 19.4 Å². The summed E-state index contributed by atoms with van der Waals surface area (Å²) in [4.78, 5) is 24.9. The largest absolute Gasteiger partial charge is 0.504 e. The van der Waals surface area contributed by atoms with Crippen LogP contribution in [0, 0.1) is 6.92 Å². The van der Waals surface area contributed by atoms with Crippen molar-refractivity contribution in [2.24, 2.45) is 0 Å². The van der Waals surface area contributed by atoms with E-state index >= 15 is 0 Å². The lowest BCUT2D eigenvalue weighted by Gasteiger charge is -2.15. The van der Waals surface area contributed by atoms with Crippen LogP contribution in [0.5, 0.6) is 11.5 Å². The second kappa shape index (κ2) is 6.90. The van der Waals surface area contributed by atoms with Crippen LogP contribution >= 0.6 is 23.2 Å². The minimum Gasteiger partial charge on any atom is -0.504 e. The highest BCUT2D eigenvalue weighted by atomic mass is 35.5. The zero-order valence-corrected chi connectivity index (χ0v) is 15.4. The highest BCUT2D eigenvalue weighted by molar-refractivity contribution is 6.34. The van der Waals surface area contributed by atoms with E-state index < -0.39 is 11.8 Å². The molecule has 0 unspecified atom stereocenters. The number of hydrazine groups is 1. The van der Waals surface area contributed by atoms with Crippen LogP contribution < -0.4 is 15.2 Å². The minimum absolute atomic E-state index is 0.136. The number of carbonyl (C=O) groups excluding carboxylic acids is 2. The van der Waals surface area contributed by atoms with Crippen molar-refractivity contribution in [2.45, 2.75) is 6.92 Å². The van der Waals surface area contributed by atoms with E-state index in [2.05, 4.69) is 5.43 Å². The van der Waals surface area contributed by atoms with Gasteiger partial charge in [-0.05, 0) is 36.8 Å². The molecule has 0 bridgehead atoms. The van der Waals surface area contributed by atoms with E-state index in [0.29, 0.717) is 15.7 Å². The Bertz CT molecular complexity index is 956. The van der Waals surface area contributed by atoms with Crippen LogP contribution in [0.2, 0.25) is 10.0 Å². The average molecular weight is 393 g/mol. The molecule has 2 amide bonds. The highest BCUT2D eigenvalue weighted by Crippen LogP contribution is 2.35. The number of phenolic OH excluding ortho intramolecular Hbond substituents is 1. The summed E-state index contributed by atoms with van der Waals surface area (Å²) in [5.41, 5.74) is 3.78. The Morgan fingerprint density at radius 1 is 1.19 bits per heavy atom. The van der Waals surface area contributed by atoms with Crippen molar-refractivity contribution in [3.05, 3.63) is 57.1 Å². The molecule has 1 aliphatic rings. The molecule has 134 valence electrons. The molecule has 8 heteroatoms. The molecule has 0 aromatic heterocycles. The van der Waals surface area contributed by atoms with E-state index in [0.717, 1.165) is 10.6 Å². The third-order valence-electron chi connectivity index (χ3n) is 3.89. The Hall–Kier alpha value is -2.70. The molecule has 0 radical (unpaired) electrons. The Kier molecular flexibility index (Phi) is 4.80. The molecular weight excluding hydrogens is 379 g/mol. The van der Waals surface area contributed by atoms with Gasteiger partial charge in [0.25, 0.3) is 11.8 Å². The second-order valence-electron chi connectivity index (χ2n) is 5.62. The molecule has 0 atom stereocenters. The maximum absolute atomic E-state index is 12.7. The molecule has 0 spiro atoms. The quantitative estimate of drug-likeness (QED) is 0.618. The van der Waals surface area contributed by atoms with Gasteiger partial charge in [-0.2, -0.15) is 0 Å². The molecule has 6 nitrogen and oxygen atoms in total. The van der Waals surface area contributed by atoms with Crippen LogP contribution in [0.4, 0.5) is 5.69 Å². The van der Waals surface area contributed by atoms with Gasteiger partial charge in [-0.25, -0.2) is 5.01 Å². The molecule has 1 fully saturated rings. The lowest BCUT2D eigenvalue weighted by molar-refractivity contribution is -0.117. The highest BCUT2D eigenvalue weighted by Gasteiger charge is 2.35. The first-order valence-electron chi connectivity index (χ1n) is 7.51. The van der Waals surface area contributed by atoms with Gasteiger partial charge in [0.2, 0.25) is 0 Å². The lowest BCUT2D eigenvalue weighted by atomic mass is 10.1. The van der Waals surface area contributed by atoms with Crippen molar-refractivity contribution in [1.82, 2.24) is 5.43 Å². The number of aromatic hydroxyl groups is 1. The summed E-state index contributed by atoms with van der Waals surface area (Å²) in [7, 11) is 1.37. The van der Waals surface area contributed by atoms with E-state index in [1.165, 1.54) is 25.3 Å². The Morgan fingerprint density at radius 3 is 2.58 bits per heavy atom.